The molecule has 0 spiro atoms. The number of amides is 1. The zero-order valence-corrected chi connectivity index (χ0v) is 23.6. The maximum absolute atomic E-state index is 14.8. The molecule has 1 aromatic heterocycles. The van der Waals surface area contributed by atoms with E-state index in [0.29, 0.717) is 5.56 Å². The van der Waals surface area contributed by atoms with Gasteiger partial charge in [0, 0.05) is 28.0 Å². The third-order valence-electron chi connectivity index (χ3n) is 6.99. The molecule has 2 atom stereocenters. The van der Waals surface area contributed by atoms with E-state index in [4.69, 9.17) is 14.7 Å². The summed E-state index contributed by atoms with van der Waals surface area (Å²) in [6, 6.07) is 15.1. The van der Waals surface area contributed by atoms with E-state index in [1.54, 1.807) is 31.2 Å². The largest absolute Gasteiger partial charge is 0.382 e. The molecule has 2 unspecified atom stereocenters. The molecule has 1 aliphatic heterocycles. The minimum Gasteiger partial charge on any atom is -0.382 e. The average molecular weight is 610 g/mol. The normalized spacial score (nSPS) is 18.8. The number of ether oxygens (including phenoxy) is 2. The minimum atomic E-state index is -1.76. The third-order valence-corrected chi connectivity index (χ3v) is 8.45. The summed E-state index contributed by atoms with van der Waals surface area (Å²) in [5.41, 5.74) is -0.777. The average Bonchev–Trinajstić information content (AvgIpc) is 3.51. The fourth-order valence-electron chi connectivity index (χ4n) is 4.66. The van der Waals surface area contributed by atoms with Crippen molar-refractivity contribution < 1.29 is 32.5 Å². The number of nitrogens with one attached hydrogen (secondary N) is 1. The Morgan fingerprint density at radius 3 is 2.51 bits per heavy atom. The Morgan fingerprint density at radius 1 is 1.14 bits per heavy atom. The third kappa shape index (κ3) is 6.89. The Bertz CT molecular complexity index is 1630. The molecule has 3 aromatic carbocycles. The van der Waals surface area contributed by atoms with Crippen LogP contribution in [0.1, 0.15) is 40.3 Å². The number of nitrogens with zero attached hydrogens (tertiary/aromatic N) is 4. The molecule has 5 rings (SSSR count). The number of thioether (sulfide) groups is 1. The summed E-state index contributed by atoms with van der Waals surface area (Å²) in [6.45, 7) is 2.14. The molecule has 1 fully saturated rings. The van der Waals surface area contributed by atoms with E-state index in [2.05, 4.69) is 15.4 Å². The van der Waals surface area contributed by atoms with Crippen molar-refractivity contribution in [1.82, 2.24) is 14.8 Å². The van der Waals surface area contributed by atoms with Gasteiger partial charge in [0.05, 0.1) is 42.3 Å². The smallest absolute Gasteiger partial charge is 0.255 e. The van der Waals surface area contributed by atoms with Gasteiger partial charge in [-0.25, -0.2) is 22.8 Å². The van der Waals surface area contributed by atoms with Crippen LogP contribution in [-0.4, -0.2) is 49.5 Å². The molecule has 43 heavy (non-hydrogen) atoms. The van der Waals surface area contributed by atoms with E-state index >= 15 is 0 Å². The Kier molecular flexibility index (Phi) is 9.12. The van der Waals surface area contributed by atoms with Crippen molar-refractivity contribution in [3.05, 3.63) is 113 Å². The fourth-order valence-corrected chi connectivity index (χ4v) is 5.98. The number of halogens is 3. The Balaban J connectivity index is 1.20. The van der Waals surface area contributed by atoms with Crippen molar-refractivity contribution in [2.24, 2.45) is 0 Å². The first-order chi connectivity index (χ1) is 20.7. The second-order valence-electron chi connectivity index (χ2n) is 9.92. The second kappa shape index (κ2) is 13.0. The predicted molar refractivity (Wildman–Crippen MR) is 151 cm³/mol. The highest BCUT2D eigenvalue weighted by Gasteiger charge is 2.41. The summed E-state index contributed by atoms with van der Waals surface area (Å²) in [4.78, 5) is 16.5. The van der Waals surface area contributed by atoms with Crippen molar-refractivity contribution in [2.75, 3.05) is 18.5 Å². The predicted octanol–water partition coefficient (Wildman–Crippen LogP) is 4.94. The molecule has 1 aliphatic rings. The number of aliphatic hydroxyl groups is 1. The molecule has 0 aliphatic carbocycles. The molecule has 0 bridgehead atoms. The van der Waals surface area contributed by atoms with Crippen LogP contribution in [0.3, 0.4) is 0 Å². The standard InChI is InChI=1S/C30H26F3N5O4S/c1-18(30(40,15-38-17-35-16-36-38)24-8-7-22(31)11-25(24)32)43-23-13-41-29(42-14-23)21-5-3-20(4-6-21)28(39)37-27-9-2-19(12-34)10-26(27)33/h2-11,16-18,23,29,40H,13-15H2,1H3,(H,37,39). The quantitative estimate of drug-likeness (QED) is 0.274. The maximum Gasteiger partial charge on any atom is 0.255 e. The van der Waals surface area contributed by atoms with Crippen LogP contribution in [0.4, 0.5) is 18.9 Å². The van der Waals surface area contributed by atoms with Gasteiger partial charge in [-0.2, -0.15) is 10.4 Å². The Labute approximate surface area is 249 Å². The monoisotopic (exact) mass is 609 g/mol. The van der Waals surface area contributed by atoms with Gasteiger partial charge in [0.1, 0.15) is 35.7 Å². The van der Waals surface area contributed by atoms with Gasteiger partial charge < -0.3 is 19.9 Å². The van der Waals surface area contributed by atoms with Crippen LogP contribution in [0, 0.1) is 28.8 Å². The molecule has 1 saturated heterocycles. The first kappa shape index (κ1) is 30.2. The lowest BCUT2D eigenvalue weighted by Crippen LogP contribution is -2.43. The van der Waals surface area contributed by atoms with E-state index in [0.717, 1.165) is 18.2 Å². The lowest BCUT2D eigenvalue weighted by atomic mass is 9.90. The Morgan fingerprint density at radius 2 is 1.88 bits per heavy atom. The van der Waals surface area contributed by atoms with Crippen molar-refractivity contribution >= 4 is 23.4 Å². The maximum atomic E-state index is 14.8. The lowest BCUT2D eigenvalue weighted by molar-refractivity contribution is -0.180. The zero-order chi connectivity index (χ0) is 30.6. The number of nitriles is 1. The number of rotatable bonds is 9. The molecule has 0 saturated carbocycles. The Hall–Kier alpha value is -4.22. The number of aromatic nitrogens is 3. The van der Waals surface area contributed by atoms with Crippen LogP contribution in [0.15, 0.2) is 73.3 Å². The molecule has 2 N–H and O–H groups in total. The van der Waals surface area contributed by atoms with Crippen LogP contribution in [0.5, 0.6) is 0 Å². The van der Waals surface area contributed by atoms with Crippen molar-refractivity contribution in [3.63, 3.8) is 0 Å². The number of carbonyl (C=O) groups excluding carboxylic acids is 1. The van der Waals surface area contributed by atoms with Gasteiger partial charge in [-0.3, -0.25) is 4.79 Å². The van der Waals surface area contributed by atoms with E-state index < -0.39 is 40.5 Å². The van der Waals surface area contributed by atoms with Crippen molar-refractivity contribution in [2.45, 2.75) is 35.9 Å². The van der Waals surface area contributed by atoms with Crippen molar-refractivity contribution in [1.29, 1.82) is 5.26 Å². The van der Waals surface area contributed by atoms with Gasteiger partial charge in [-0.05, 0) is 36.4 Å². The number of carbonyl (C=O) groups is 1. The van der Waals surface area contributed by atoms with Crippen LogP contribution < -0.4 is 5.32 Å². The first-order valence-electron chi connectivity index (χ1n) is 13.2. The number of benzene rings is 3. The molecule has 2 heterocycles. The summed E-state index contributed by atoms with van der Waals surface area (Å²) < 4.78 is 55.8. The fraction of sp³-hybridized carbons (Fsp3) is 0.267. The van der Waals surface area contributed by atoms with Crippen LogP contribution in [-0.2, 0) is 21.6 Å². The molecular weight excluding hydrogens is 583 g/mol. The summed E-state index contributed by atoms with van der Waals surface area (Å²) in [5, 5.41) is 26.3. The van der Waals surface area contributed by atoms with E-state index in [9.17, 15) is 23.1 Å². The minimum absolute atomic E-state index is 0.0415. The summed E-state index contributed by atoms with van der Waals surface area (Å²) in [7, 11) is 0. The molecule has 9 nitrogen and oxygen atoms in total. The van der Waals surface area contributed by atoms with Gasteiger partial charge in [0.25, 0.3) is 5.91 Å². The van der Waals surface area contributed by atoms with E-state index in [1.165, 1.54) is 47.3 Å². The SMILES string of the molecule is CC(SC1COC(c2ccc(C(=O)Nc3ccc(C#N)cc3F)cc2)OC1)C(O)(Cn1cncn1)c1ccc(F)cc1F. The highest BCUT2D eigenvalue weighted by atomic mass is 32.2. The highest BCUT2D eigenvalue weighted by molar-refractivity contribution is 8.00. The molecular formula is C30H26F3N5O4S. The zero-order valence-electron chi connectivity index (χ0n) is 22.8. The van der Waals surface area contributed by atoms with Crippen molar-refractivity contribution in [3.8, 4) is 6.07 Å². The van der Waals surface area contributed by atoms with E-state index in [-0.39, 0.29) is 47.4 Å². The lowest BCUT2D eigenvalue weighted by Gasteiger charge is -2.37. The molecule has 1 amide bonds. The van der Waals surface area contributed by atoms with Crippen LogP contribution in [0.2, 0.25) is 0 Å². The number of hydrogen-bond donors (Lipinski definition) is 2. The highest BCUT2D eigenvalue weighted by Crippen LogP contribution is 2.39. The van der Waals surface area contributed by atoms with Gasteiger partial charge in [-0.1, -0.05) is 25.1 Å². The van der Waals surface area contributed by atoms with Gasteiger partial charge in [-0.15, -0.1) is 11.8 Å². The van der Waals surface area contributed by atoms with Gasteiger partial charge in [0.2, 0.25) is 0 Å². The number of hydrogen-bond acceptors (Lipinski definition) is 8. The topological polar surface area (TPSA) is 122 Å². The molecule has 13 heteroatoms. The molecule has 222 valence electrons. The van der Waals surface area contributed by atoms with E-state index in [1.807, 2.05) is 6.07 Å². The first-order valence-corrected chi connectivity index (χ1v) is 14.1. The molecule has 0 radical (unpaired) electrons. The van der Waals surface area contributed by atoms with Crippen LogP contribution in [0.25, 0.3) is 0 Å². The summed E-state index contributed by atoms with van der Waals surface area (Å²) in [6.07, 6.45) is 2.00. The summed E-state index contributed by atoms with van der Waals surface area (Å²) in [5.74, 6) is -2.86. The summed E-state index contributed by atoms with van der Waals surface area (Å²) >= 11 is 1.34. The second-order valence-corrected chi connectivity index (χ2v) is 11.6. The van der Waals surface area contributed by atoms with Gasteiger partial charge >= 0.3 is 0 Å². The van der Waals surface area contributed by atoms with Crippen LogP contribution >= 0.6 is 11.8 Å². The van der Waals surface area contributed by atoms with Gasteiger partial charge in [0.15, 0.2) is 6.29 Å². The molecule has 4 aromatic rings. The number of anilines is 1.